The maximum Gasteiger partial charge on any atom is 0.0687 e. The summed E-state index contributed by atoms with van der Waals surface area (Å²) in [6, 6.07) is 8.27. The lowest BCUT2D eigenvalue weighted by Gasteiger charge is -2.33. The summed E-state index contributed by atoms with van der Waals surface area (Å²) in [5, 5.41) is 1.80. The molecule has 1 aromatic rings. The van der Waals surface area contributed by atoms with Crippen LogP contribution in [0.25, 0.3) is 0 Å². The highest BCUT2D eigenvalue weighted by molar-refractivity contribution is 9.09. The Kier molecular flexibility index (Phi) is 5.29. The molecule has 2 fully saturated rings. The van der Waals surface area contributed by atoms with E-state index in [4.69, 9.17) is 16.3 Å². The Labute approximate surface area is 141 Å². The molecule has 1 aliphatic heterocycles. The molecule has 0 amide bonds. The lowest BCUT2D eigenvalue weighted by Crippen LogP contribution is -2.32. The maximum atomic E-state index is 6.52. The summed E-state index contributed by atoms with van der Waals surface area (Å²) in [6.45, 7) is 0. The van der Waals surface area contributed by atoms with Crippen LogP contribution in [-0.2, 0) is 4.74 Å². The van der Waals surface area contributed by atoms with E-state index in [0.717, 1.165) is 16.8 Å². The quantitative estimate of drug-likeness (QED) is 0.582. The molecule has 116 valence electrons. The van der Waals surface area contributed by atoms with Crippen molar-refractivity contribution in [1.82, 2.24) is 0 Å². The molecule has 3 heteroatoms. The van der Waals surface area contributed by atoms with E-state index in [1.165, 1.54) is 50.5 Å². The molecule has 1 heterocycles. The lowest BCUT2D eigenvalue weighted by atomic mass is 9.83. The summed E-state index contributed by atoms with van der Waals surface area (Å²) in [5.74, 6) is 0.493. The summed E-state index contributed by atoms with van der Waals surface area (Å²) in [6.07, 6.45) is 10.7. The van der Waals surface area contributed by atoms with E-state index < -0.39 is 0 Å². The summed E-state index contributed by atoms with van der Waals surface area (Å²) in [4.78, 5) is 0. The second-order valence-corrected chi connectivity index (χ2v) is 7.75. The number of ether oxygens (including phenoxy) is 1. The molecule has 1 aromatic carbocycles. The summed E-state index contributed by atoms with van der Waals surface area (Å²) in [5.41, 5.74) is 1.56. The number of hydrogen-bond acceptors (Lipinski definition) is 1. The summed E-state index contributed by atoms with van der Waals surface area (Å²) >= 11 is 9.81. The van der Waals surface area contributed by atoms with Crippen molar-refractivity contribution in [3.05, 3.63) is 34.9 Å². The van der Waals surface area contributed by atoms with Gasteiger partial charge in [-0.1, -0.05) is 58.9 Å². The molecule has 21 heavy (non-hydrogen) atoms. The SMILES string of the molecule is Clc1cccc(C(CBr)CC2CCC3(CCCCC3)O2)c1. The highest BCUT2D eigenvalue weighted by Gasteiger charge is 2.41. The third-order valence-electron chi connectivity index (χ3n) is 5.16. The van der Waals surface area contributed by atoms with Gasteiger partial charge < -0.3 is 4.74 Å². The van der Waals surface area contributed by atoms with Crippen LogP contribution in [0.2, 0.25) is 5.02 Å². The van der Waals surface area contributed by atoms with E-state index >= 15 is 0 Å². The average molecular weight is 372 g/mol. The molecule has 1 aliphatic carbocycles. The highest BCUT2D eigenvalue weighted by atomic mass is 79.9. The molecule has 0 radical (unpaired) electrons. The van der Waals surface area contributed by atoms with Crippen LogP contribution in [0.15, 0.2) is 24.3 Å². The Morgan fingerprint density at radius 2 is 2.05 bits per heavy atom. The predicted octanol–water partition coefficient (Wildman–Crippen LogP) is 6.09. The zero-order valence-corrected chi connectivity index (χ0v) is 14.8. The van der Waals surface area contributed by atoms with Crippen molar-refractivity contribution < 1.29 is 4.74 Å². The largest absolute Gasteiger partial charge is 0.372 e. The molecule has 2 unspecified atom stereocenters. The number of alkyl halides is 1. The third kappa shape index (κ3) is 3.83. The molecule has 1 nitrogen and oxygen atoms in total. The second-order valence-electron chi connectivity index (χ2n) is 6.66. The van der Waals surface area contributed by atoms with E-state index in [9.17, 15) is 0 Å². The van der Waals surface area contributed by atoms with Crippen LogP contribution in [0.3, 0.4) is 0 Å². The smallest absolute Gasteiger partial charge is 0.0687 e. The number of halogens is 2. The van der Waals surface area contributed by atoms with Gasteiger partial charge in [0.2, 0.25) is 0 Å². The Morgan fingerprint density at radius 3 is 2.76 bits per heavy atom. The Morgan fingerprint density at radius 1 is 1.24 bits per heavy atom. The summed E-state index contributed by atoms with van der Waals surface area (Å²) < 4.78 is 6.52. The van der Waals surface area contributed by atoms with Gasteiger partial charge in [-0.25, -0.2) is 0 Å². The van der Waals surface area contributed by atoms with Gasteiger partial charge in [-0.05, 0) is 55.7 Å². The molecule has 1 spiro atoms. The molecule has 3 rings (SSSR count). The molecular formula is C18H24BrClO. The zero-order chi connectivity index (χ0) is 14.7. The van der Waals surface area contributed by atoms with Gasteiger partial charge in [-0.2, -0.15) is 0 Å². The normalized spacial score (nSPS) is 26.1. The molecule has 0 bridgehead atoms. The van der Waals surface area contributed by atoms with Crippen LogP contribution in [-0.4, -0.2) is 17.0 Å². The molecule has 0 aromatic heterocycles. The Balaban J connectivity index is 1.63. The van der Waals surface area contributed by atoms with E-state index in [1.807, 2.05) is 12.1 Å². The molecule has 0 N–H and O–H groups in total. The first-order valence-corrected chi connectivity index (χ1v) is 9.70. The van der Waals surface area contributed by atoms with Crippen LogP contribution < -0.4 is 0 Å². The van der Waals surface area contributed by atoms with Gasteiger partial charge in [0.25, 0.3) is 0 Å². The first-order valence-electron chi connectivity index (χ1n) is 8.20. The Hall–Kier alpha value is -0.0500. The van der Waals surface area contributed by atoms with Crippen LogP contribution in [0, 0.1) is 0 Å². The third-order valence-corrected chi connectivity index (χ3v) is 6.17. The van der Waals surface area contributed by atoms with Crippen molar-refractivity contribution in [3.63, 3.8) is 0 Å². The van der Waals surface area contributed by atoms with E-state index in [-0.39, 0.29) is 5.60 Å². The molecular weight excluding hydrogens is 348 g/mol. The van der Waals surface area contributed by atoms with Crippen LogP contribution >= 0.6 is 27.5 Å². The van der Waals surface area contributed by atoms with Crippen molar-refractivity contribution in [3.8, 4) is 0 Å². The minimum Gasteiger partial charge on any atom is -0.372 e. The van der Waals surface area contributed by atoms with Crippen molar-refractivity contribution >= 4 is 27.5 Å². The summed E-state index contributed by atoms with van der Waals surface area (Å²) in [7, 11) is 0. The fraction of sp³-hybridized carbons (Fsp3) is 0.667. The van der Waals surface area contributed by atoms with E-state index in [0.29, 0.717) is 12.0 Å². The van der Waals surface area contributed by atoms with Crippen molar-refractivity contribution in [2.45, 2.75) is 69.0 Å². The van der Waals surface area contributed by atoms with Gasteiger partial charge in [-0.3, -0.25) is 0 Å². The molecule has 1 saturated heterocycles. The van der Waals surface area contributed by atoms with Crippen LogP contribution in [0.5, 0.6) is 0 Å². The number of hydrogen-bond donors (Lipinski definition) is 0. The highest BCUT2D eigenvalue weighted by Crippen LogP contribution is 2.44. The topological polar surface area (TPSA) is 9.23 Å². The van der Waals surface area contributed by atoms with E-state index in [2.05, 4.69) is 28.1 Å². The van der Waals surface area contributed by atoms with Crippen LogP contribution in [0.1, 0.15) is 62.8 Å². The number of rotatable bonds is 4. The van der Waals surface area contributed by atoms with Gasteiger partial charge in [0, 0.05) is 10.4 Å². The number of benzene rings is 1. The van der Waals surface area contributed by atoms with Crippen LogP contribution in [0.4, 0.5) is 0 Å². The predicted molar refractivity (Wildman–Crippen MR) is 92.5 cm³/mol. The fourth-order valence-corrected chi connectivity index (χ4v) is 4.83. The van der Waals surface area contributed by atoms with Crippen molar-refractivity contribution in [1.29, 1.82) is 0 Å². The van der Waals surface area contributed by atoms with E-state index in [1.54, 1.807) is 0 Å². The standard InChI is InChI=1S/C18H24BrClO/c19-13-15(14-5-4-6-16(20)11-14)12-17-7-10-18(21-17)8-2-1-3-9-18/h4-6,11,15,17H,1-3,7-10,12-13H2. The van der Waals surface area contributed by atoms with Gasteiger partial charge in [-0.15, -0.1) is 0 Å². The minimum atomic E-state index is 0.230. The maximum absolute atomic E-state index is 6.52. The molecule has 1 saturated carbocycles. The minimum absolute atomic E-state index is 0.230. The monoisotopic (exact) mass is 370 g/mol. The first-order chi connectivity index (χ1) is 10.2. The Bertz CT molecular complexity index is 470. The first kappa shape index (κ1) is 15.8. The van der Waals surface area contributed by atoms with Crippen molar-refractivity contribution in [2.75, 3.05) is 5.33 Å². The lowest BCUT2D eigenvalue weighted by molar-refractivity contribution is -0.0668. The van der Waals surface area contributed by atoms with Gasteiger partial charge in [0.05, 0.1) is 11.7 Å². The fourth-order valence-electron chi connectivity index (χ4n) is 3.99. The second kappa shape index (κ2) is 7.02. The van der Waals surface area contributed by atoms with Crippen molar-refractivity contribution in [2.24, 2.45) is 0 Å². The zero-order valence-electron chi connectivity index (χ0n) is 12.5. The van der Waals surface area contributed by atoms with Gasteiger partial charge >= 0.3 is 0 Å². The van der Waals surface area contributed by atoms with Gasteiger partial charge in [0.1, 0.15) is 0 Å². The molecule has 2 aliphatic rings. The molecule has 2 atom stereocenters. The van der Waals surface area contributed by atoms with Gasteiger partial charge in [0.15, 0.2) is 0 Å². The average Bonchev–Trinajstić information content (AvgIpc) is 2.88.